The molecule has 0 aromatic carbocycles. The molecule has 1 N–H and O–H groups in total. The average molecular weight is 206 g/mol. The van der Waals surface area contributed by atoms with E-state index in [1.165, 1.54) is 0 Å². The van der Waals surface area contributed by atoms with E-state index in [1.807, 2.05) is 0 Å². The maximum Gasteiger partial charge on any atom is 0.264 e. The lowest BCUT2D eigenvalue weighted by molar-refractivity contribution is 0.403. The largest absolute Gasteiger partial charge is 0.286 e. The summed E-state index contributed by atoms with van der Waals surface area (Å²) in [6.07, 6.45) is 1.71. The van der Waals surface area contributed by atoms with E-state index in [0.717, 1.165) is 13.4 Å². The van der Waals surface area contributed by atoms with E-state index >= 15 is 0 Å². The van der Waals surface area contributed by atoms with E-state index < -0.39 is 20.2 Å². The zero-order valence-electron chi connectivity index (χ0n) is 6.30. The number of hydrogen-bond acceptors (Lipinski definition) is 5. The van der Waals surface area contributed by atoms with Gasteiger partial charge in [-0.1, -0.05) is 0 Å². The van der Waals surface area contributed by atoms with Crippen LogP contribution in [0, 0.1) is 0 Å². The van der Waals surface area contributed by atoms with E-state index in [1.54, 1.807) is 0 Å². The summed E-state index contributed by atoms with van der Waals surface area (Å²) in [5.74, 6) is 0. The van der Waals surface area contributed by atoms with E-state index in [-0.39, 0.29) is 0 Å². The standard InChI is InChI=1S/C2H6O3S.CH4O3S/c1-5-6(2,3)4;1-5(2,3)4/h1-2H3;1H3,(H,2,3,4). The lowest BCUT2D eigenvalue weighted by atomic mass is 11.8. The molecule has 11 heavy (non-hydrogen) atoms. The fourth-order valence-electron chi connectivity index (χ4n) is 0. The summed E-state index contributed by atoms with van der Waals surface area (Å²) < 4.78 is 49.3. The molecular weight excluding hydrogens is 196 g/mol. The normalized spacial score (nSPS) is 11.6. The van der Waals surface area contributed by atoms with E-state index in [2.05, 4.69) is 4.18 Å². The van der Waals surface area contributed by atoms with Crippen LogP contribution in [0.2, 0.25) is 0 Å². The number of rotatable bonds is 1. The van der Waals surface area contributed by atoms with Crippen molar-refractivity contribution in [1.29, 1.82) is 0 Å². The van der Waals surface area contributed by atoms with Gasteiger partial charge in [-0.15, -0.1) is 0 Å². The van der Waals surface area contributed by atoms with Crippen molar-refractivity contribution in [1.82, 2.24) is 0 Å². The third-order valence-electron chi connectivity index (χ3n) is 0.303. The molecule has 0 aliphatic rings. The fourth-order valence-corrected chi connectivity index (χ4v) is 0. The van der Waals surface area contributed by atoms with E-state index in [4.69, 9.17) is 4.55 Å². The van der Waals surface area contributed by atoms with Crippen LogP contribution in [0.1, 0.15) is 0 Å². The van der Waals surface area contributed by atoms with Crippen molar-refractivity contribution in [3.05, 3.63) is 0 Å². The highest BCUT2D eigenvalue weighted by Gasteiger charge is 1.90. The van der Waals surface area contributed by atoms with Crippen LogP contribution >= 0.6 is 0 Å². The zero-order chi connectivity index (χ0) is 9.71. The van der Waals surface area contributed by atoms with Gasteiger partial charge in [0.25, 0.3) is 20.2 Å². The van der Waals surface area contributed by atoms with Gasteiger partial charge in [-0.05, 0) is 0 Å². The summed E-state index contributed by atoms with van der Waals surface area (Å²) >= 11 is 0. The maximum absolute atomic E-state index is 9.78. The Morgan fingerprint density at radius 3 is 1.18 bits per heavy atom. The van der Waals surface area contributed by atoms with Crippen LogP contribution in [0.3, 0.4) is 0 Å². The van der Waals surface area contributed by atoms with Crippen LogP contribution in [-0.4, -0.2) is 41.0 Å². The Kier molecular flexibility index (Phi) is 5.67. The van der Waals surface area contributed by atoms with Gasteiger partial charge in [0.2, 0.25) is 0 Å². The smallest absolute Gasteiger partial charge is 0.264 e. The van der Waals surface area contributed by atoms with E-state index in [9.17, 15) is 16.8 Å². The first kappa shape index (κ1) is 13.4. The second-order valence-corrected chi connectivity index (χ2v) is 4.81. The Morgan fingerprint density at radius 2 is 1.18 bits per heavy atom. The van der Waals surface area contributed by atoms with Crippen molar-refractivity contribution in [3.8, 4) is 0 Å². The predicted molar refractivity (Wildman–Crippen MR) is 39.3 cm³/mol. The lowest BCUT2D eigenvalue weighted by Gasteiger charge is -1.84. The summed E-state index contributed by atoms with van der Waals surface area (Å²) in [5, 5.41) is 0. The van der Waals surface area contributed by atoms with Gasteiger partial charge in [0, 0.05) is 0 Å². The first-order valence-corrected chi connectivity index (χ1v) is 5.91. The minimum absolute atomic E-state index is 0.715. The quantitative estimate of drug-likeness (QED) is 0.441. The molecular formula is C3H10O6S2. The molecule has 0 bridgehead atoms. The molecule has 0 rings (SSSR count). The van der Waals surface area contributed by atoms with Gasteiger partial charge < -0.3 is 0 Å². The Morgan fingerprint density at radius 1 is 1.09 bits per heavy atom. The topological polar surface area (TPSA) is 97.7 Å². The number of hydrogen-bond donors (Lipinski definition) is 1. The Hall–Kier alpha value is -0.180. The maximum atomic E-state index is 9.78. The highest BCUT2D eigenvalue weighted by Crippen LogP contribution is 1.75. The molecule has 0 saturated carbocycles. The lowest BCUT2D eigenvalue weighted by Crippen LogP contribution is -1.95. The van der Waals surface area contributed by atoms with Gasteiger partial charge in [0.15, 0.2) is 0 Å². The van der Waals surface area contributed by atoms with Crippen LogP contribution in [0.25, 0.3) is 0 Å². The molecule has 0 amide bonds. The second kappa shape index (κ2) is 4.65. The highest BCUT2D eigenvalue weighted by atomic mass is 32.2. The first-order valence-electron chi connectivity index (χ1n) is 2.24. The molecule has 0 aromatic rings. The van der Waals surface area contributed by atoms with Crippen LogP contribution < -0.4 is 0 Å². The molecule has 70 valence electrons. The van der Waals surface area contributed by atoms with Crippen molar-refractivity contribution in [2.75, 3.05) is 19.6 Å². The molecule has 0 aliphatic carbocycles. The molecule has 0 saturated heterocycles. The van der Waals surface area contributed by atoms with Crippen molar-refractivity contribution < 1.29 is 25.6 Å². The molecule has 0 aromatic heterocycles. The highest BCUT2D eigenvalue weighted by molar-refractivity contribution is 7.86. The summed E-state index contributed by atoms with van der Waals surface area (Å²) in [4.78, 5) is 0. The van der Waals surface area contributed by atoms with Gasteiger partial charge in [0.05, 0.1) is 19.6 Å². The van der Waals surface area contributed by atoms with Crippen LogP contribution in [0.15, 0.2) is 0 Å². The Balaban J connectivity index is 0. The summed E-state index contributed by atoms with van der Waals surface area (Å²) in [6.45, 7) is 0. The molecule has 0 spiro atoms. The van der Waals surface area contributed by atoms with Gasteiger partial charge in [-0.2, -0.15) is 16.8 Å². The van der Waals surface area contributed by atoms with Crippen molar-refractivity contribution in [3.63, 3.8) is 0 Å². The first-order chi connectivity index (χ1) is 4.56. The Labute approximate surface area is 66.1 Å². The van der Waals surface area contributed by atoms with Crippen molar-refractivity contribution in [2.45, 2.75) is 0 Å². The zero-order valence-corrected chi connectivity index (χ0v) is 7.94. The SMILES string of the molecule is COS(C)(=O)=O.CS(=O)(=O)O. The molecule has 0 unspecified atom stereocenters. The van der Waals surface area contributed by atoms with Crippen LogP contribution in [-0.2, 0) is 24.4 Å². The van der Waals surface area contributed by atoms with Gasteiger partial charge in [-0.25, -0.2) is 0 Å². The third kappa shape index (κ3) is 75.5. The molecule has 0 radical (unpaired) electrons. The third-order valence-corrected chi connectivity index (χ3v) is 0.908. The summed E-state index contributed by atoms with van der Waals surface area (Å²) in [7, 11) is -5.71. The van der Waals surface area contributed by atoms with Gasteiger partial charge in [0.1, 0.15) is 0 Å². The minimum Gasteiger partial charge on any atom is -0.286 e. The molecule has 0 atom stereocenters. The molecule has 6 nitrogen and oxygen atoms in total. The molecule has 8 heteroatoms. The average Bonchev–Trinajstić information content (AvgIpc) is 1.59. The van der Waals surface area contributed by atoms with Crippen molar-refractivity contribution in [2.24, 2.45) is 0 Å². The monoisotopic (exact) mass is 206 g/mol. The van der Waals surface area contributed by atoms with E-state index in [0.29, 0.717) is 6.26 Å². The minimum atomic E-state index is -3.67. The second-order valence-electron chi connectivity index (χ2n) is 1.60. The van der Waals surface area contributed by atoms with Crippen LogP contribution in [0.4, 0.5) is 0 Å². The molecule has 0 heterocycles. The van der Waals surface area contributed by atoms with Crippen LogP contribution in [0.5, 0.6) is 0 Å². The Bertz CT molecular complexity index is 263. The van der Waals surface area contributed by atoms with Gasteiger partial charge >= 0.3 is 0 Å². The fraction of sp³-hybridized carbons (Fsp3) is 1.00. The van der Waals surface area contributed by atoms with Crippen molar-refractivity contribution >= 4 is 20.2 Å². The summed E-state index contributed by atoms with van der Waals surface area (Å²) in [6, 6.07) is 0. The molecule has 0 aliphatic heterocycles. The summed E-state index contributed by atoms with van der Waals surface area (Å²) in [5.41, 5.74) is 0. The molecule has 0 fully saturated rings. The van der Waals surface area contributed by atoms with Gasteiger partial charge in [-0.3, -0.25) is 8.74 Å². The predicted octanol–water partition coefficient (Wildman–Crippen LogP) is -0.904.